The fraction of sp³-hybridized carbons (Fsp3) is 0.143. The highest BCUT2D eigenvalue weighted by Gasteiger charge is 2.15. The number of aromatic amines is 1. The monoisotopic (exact) mass is 360 g/mol. The van der Waals surface area contributed by atoms with Crippen LogP contribution in [0.25, 0.3) is 22.0 Å². The van der Waals surface area contributed by atoms with E-state index in [1.54, 1.807) is 0 Å². The Hall–Kier alpha value is -3.38. The maximum Gasteiger partial charge on any atom is 0.320 e. The molecule has 2 heterocycles. The zero-order valence-corrected chi connectivity index (χ0v) is 14.7. The Labute approximate surface area is 156 Å². The van der Waals surface area contributed by atoms with Gasteiger partial charge < -0.3 is 15.8 Å². The average Bonchev–Trinajstić information content (AvgIpc) is 3.29. The van der Waals surface area contributed by atoms with Crippen LogP contribution in [0.5, 0.6) is 0 Å². The van der Waals surface area contributed by atoms with Gasteiger partial charge in [-0.05, 0) is 22.8 Å². The minimum absolute atomic E-state index is 0.295. The molecule has 0 spiro atoms. The van der Waals surface area contributed by atoms with E-state index in [9.17, 15) is 4.79 Å². The summed E-state index contributed by atoms with van der Waals surface area (Å²) < 4.78 is 1.92. The van der Waals surface area contributed by atoms with Gasteiger partial charge in [-0.15, -0.1) is 0 Å². The van der Waals surface area contributed by atoms with Crippen LogP contribution in [-0.2, 0) is 17.8 Å². The third-order valence-electron chi connectivity index (χ3n) is 4.68. The summed E-state index contributed by atoms with van der Waals surface area (Å²) in [5, 5.41) is 14.5. The van der Waals surface area contributed by atoms with E-state index in [1.807, 2.05) is 53.6 Å². The minimum Gasteiger partial charge on any atom is -0.480 e. The third-order valence-corrected chi connectivity index (χ3v) is 4.68. The summed E-state index contributed by atoms with van der Waals surface area (Å²) >= 11 is 0. The molecule has 4 aromatic rings. The van der Waals surface area contributed by atoms with E-state index in [2.05, 4.69) is 28.3 Å². The average molecular weight is 360 g/mol. The van der Waals surface area contributed by atoms with Crippen molar-refractivity contribution in [2.45, 2.75) is 19.0 Å². The number of hydrogen-bond acceptors (Lipinski definition) is 3. The zero-order valence-electron chi connectivity index (χ0n) is 14.7. The van der Waals surface area contributed by atoms with Crippen LogP contribution in [0.4, 0.5) is 0 Å². The predicted octanol–water partition coefficient (Wildman–Crippen LogP) is 3.03. The van der Waals surface area contributed by atoms with Crippen LogP contribution in [0.2, 0.25) is 0 Å². The van der Waals surface area contributed by atoms with Gasteiger partial charge in [0, 0.05) is 35.3 Å². The topological polar surface area (TPSA) is 96.9 Å². The molecule has 6 heteroatoms. The molecule has 0 aliphatic rings. The molecule has 2 aromatic heterocycles. The number of aromatic nitrogens is 3. The Morgan fingerprint density at radius 1 is 1.19 bits per heavy atom. The predicted molar refractivity (Wildman–Crippen MR) is 104 cm³/mol. The largest absolute Gasteiger partial charge is 0.480 e. The number of carboxylic acid groups (broad SMARTS) is 1. The van der Waals surface area contributed by atoms with Crippen LogP contribution in [0.3, 0.4) is 0 Å². The van der Waals surface area contributed by atoms with E-state index in [0.29, 0.717) is 6.42 Å². The molecule has 0 aliphatic carbocycles. The number of rotatable bonds is 6. The molecular formula is C21H20N4O2. The maximum atomic E-state index is 11.0. The second-order valence-electron chi connectivity index (χ2n) is 6.64. The first-order valence-corrected chi connectivity index (χ1v) is 8.75. The number of benzene rings is 2. The highest BCUT2D eigenvalue weighted by molar-refractivity contribution is 5.88. The van der Waals surface area contributed by atoms with Crippen LogP contribution in [0.15, 0.2) is 67.1 Å². The highest BCUT2D eigenvalue weighted by atomic mass is 16.4. The molecule has 0 fully saturated rings. The van der Waals surface area contributed by atoms with Crippen molar-refractivity contribution in [1.82, 2.24) is 14.8 Å². The molecule has 6 nitrogen and oxygen atoms in total. The van der Waals surface area contributed by atoms with Crippen molar-refractivity contribution >= 4 is 16.9 Å². The lowest BCUT2D eigenvalue weighted by Crippen LogP contribution is -2.32. The van der Waals surface area contributed by atoms with Crippen LogP contribution >= 0.6 is 0 Å². The van der Waals surface area contributed by atoms with Crippen molar-refractivity contribution in [3.05, 3.63) is 78.2 Å². The van der Waals surface area contributed by atoms with Crippen molar-refractivity contribution in [3.8, 4) is 11.1 Å². The summed E-state index contributed by atoms with van der Waals surface area (Å²) in [6.07, 6.45) is 6.01. The summed E-state index contributed by atoms with van der Waals surface area (Å²) in [7, 11) is 0. The number of hydrogen-bond donors (Lipinski definition) is 3. The van der Waals surface area contributed by atoms with Crippen LogP contribution < -0.4 is 5.73 Å². The van der Waals surface area contributed by atoms with Crippen molar-refractivity contribution in [1.29, 1.82) is 0 Å². The van der Waals surface area contributed by atoms with E-state index >= 15 is 0 Å². The SMILES string of the molecule is NC(Cc1c[nH]c2cc(-c3cnn(Cc4ccccc4)c3)ccc12)C(=O)O. The number of fused-ring (bicyclic) bond motifs is 1. The third kappa shape index (κ3) is 3.61. The molecule has 136 valence electrons. The van der Waals surface area contributed by atoms with Gasteiger partial charge in [0.25, 0.3) is 0 Å². The van der Waals surface area contributed by atoms with Gasteiger partial charge in [-0.25, -0.2) is 0 Å². The Bertz CT molecular complexity index is 1080. The summed E-state index contributed by atoms with van der Waals surface area (Å²) in [6.45, 7) is 0.725. The van der Waals surface area contributed by atoms with Crippen LogP contribution in [0, 0.1) is 0 Å². The molecule has 1 unspecified atom stereocenters. The Morgan fingerprint density at radius 2 is 2.00 bits per heavy atom. The van der Waals surface area contributed by atoms with Crippen molar-refractivity contribution in [3.63, 3.8) is 0 Å². The number of aliphatic carboxylic acids is 1. The number of nitrogens with one attached hydrogen (secondary N) is 1. The van der Waals surface area contributed by atoms with Crippen LogP contribution in [0.1, 0.15) is 11.1 Å². The molecule has 2 aromatic carbocycles. The fourth-order valence-corrected chi connectivity index (χ4v) is 3.23. The normalized spacial score (nSPS) is 12.3. The molecule has 0 amide bonds. The van der Waals surface area contributed by atoms with Crippen molar-refractivity contribution in [2.24, 2.45) is 5.73 Å². The van der Waals surface area contributed by atoms with Gasteiger partial charge in [-0.2, -0.15) is 5.10 Å². The maximum absolute atomic E-state index is 11.0. The van der Waals surface area contributed by atoms with E-state index < -0.39 is 12.0 Å². The molecule has 0 radical (unpaired) electrons. The molecule has 0 saturated heterocycles. The Balaban J connectivity index is 1.57. The van der Waals surface area contributed by atoms with Gasteiger partial charge in [-0.3, -0.25) is 9.48 Å². The van der Waals surface area contributed by atoms with E-state index in [4.69, 9.17) is 10.8 Å². The summed E-state index contributed by atoms with van der Waals surface area (Å²) in [5.74, 6) is -0.994. The standard InChI is InChI=1S/C21H20N4O2/c22-19(21(26)27)8-16-10-23-20-9-15(6-7-18(16)20)17-11-24-25(13-17)12-14-4-2-1-3-5-14/h1-7,9-11,13,19,23H,8,12,22H2,(H,26,27). The zero-order chi connectivity index (χ0) is 18.8. The van der Waals surface area contributed by atoms with E-state index in [1.165, 1.54) is 5.56 Å². The molecule has 1 atom stereocenters. The molecule has 0 aliphatic heterocycles. The summed E-state index contributed by atoms with van der Waals surface area (Å²) in [4.78, 5) is 14.2. The van der Waals surface area contributed by atoms with Crippen molar-refractivity contribution in [2.75, 3.05) is 0 Å². The van der Waals surface area contributed by atoms with E-state index in [-0.39, 0.29) is 0 Å². The summed E-state index contributed by atoms with van der Waals surface area (Å²) in [6, 6.07) is 15.4. The van der Waals surface area contributed by atoms with Crippen molar-refractivity contribution < 1.29 is 9.90 Å². The second-order valence-corrected chi connectivity index (χ2v) is 6.64. The molecule has 27 heavy (non-hydrogen) atoms. The number of carboxylic acids is 1. The van der Waals surface area contributed by atoms with Gasteiger partial charge in [0.1, 0.15) is 6.04 Å². The molecule has 4 rings (SSSR count). The minimum atomic E-state index is -0.994. The van der Waals surface area contributed by atoms with Gasteiger partial charge >= 0.3 is 5.97 Å². The smallest absolute Gasteiger partial charge is 0.320 e. The summed E-state index contributed by atoms with van der Waals surface area (Å²) in [5.41, 5.74) is 10.8. The van der Waals surface area contributed by atoms with Gasteiger partial charge in [0.2, 0.25) is 0 Å². The lowest BCUT2D eigenvalue weighted by molar-refractivity contribution is -0.138. The number of nitrogens with two attached hydrogens (primary N) is 1. The Morgan fingerprint density at radius 3 is 2.78 bits per heavy atom. The molecular weight excluding hydrogens is 340 g/mol. The number of carbonyl (C=O) groups is 1. The van der Waals surface area contributed by atoms with Gasteiger partial charge in [0.05, 0.1) is 12.7 Å². The second kappa shape index (κ2) is 7.09. The van der Waals surface area contributed by atoms with Crippen LogP contribution in [-0.4, -0.2) is 31.9 Å². The van der Waals surface area contributed by atoms with E-state index in [0.717, 1.165) is 34.1 Å². The lowest BCUT2D eigenvalue weighted by atomic mass is 10.0. The Kier molecular flexibility index (Phi) is 4.48. The molecule has 0 saturated carbocycles. The number of nitrogens with zero attached hydrogens (tertiary/aromatic N) is 2. The first kappa shape index (κ1) is 17.1. The van der Waals surface area contributed by atoms with Gasteiger partial charge in [0.15, 0.2) is 0 Å². The lowest BCUT2D eigenvalue weighted by Gasteiger charge is -2.05. The molecule has 0 bridgehead atoms. The van der Waals surface area contributed by atoms with Gasteiger partial charge in [-0.1, -0.05) is 42.5 Å². The fourth-order valence-electron chi connectivity index (χ4n) is 3.23. The highest BCUT2D eigenvalue weighted by Crippen LogP contribution is 2.26. The number of H-pyrrole nitrogens is 1. The molecule has 4 N–H and O–H groups in total. The first-order valence-electron chi connectivity index (χ1n) is 8.75. The quantitative estimate of drug-likeness (QED) is 0.492. The first-order chi connectivity index (χ1) is 13.1.